The second-order valence-corrected chi connectivity index (χ2v) is 9.57. The number of unbranched alkanes of at least 4 members (excludes halogenated alkanes) is 3. The van der Waals surface area contributed by atoms with E-state index in [1.54, 1.807) is 16.4 Å². The molecular formula is C25H36N4O3S. The van der Waals surface area contributed by atoms with Crippen molar-refractivity contribution >= 4 is 23.7 Å². The van der Waals surface area contributed by atoms with Crippen molar-refractivity contribution in [2.24, 2.45) is 0 Å². The number of esters is 1. The van der Waals surface area contributed by atoms with E-state index in [0.717, 1.165) is 35.6 Å². The van der Waals surface area contributed by atoms with Crippen LogP contribution in [-0.4, -0.2) is 39.2 Å². The first kappa shape index (κ1) is 25.1. The van der Waals surface area contributed by atoms with E-state index in [2.05, 4.69) is 24.1 Å². The molecule has 1 aliphatic rings. The molecule has 0 aliphatic carbocycles. The first-order valence-corrected chi connectivity index (χ1v) is 12.9. The Morgan fingerprint density at radius 1 is 1.15 bits per heavy atom. The summed E-state index contributed by atoms with van der Waals surface area (Å²) < 4.78 is 13.3. The van der Waals surface area contributed by atoms with Gasteiger partial charge in [-0.05, 0) is 51.3 Å². The van der Waals surface area contributed by atoms with Gasteiger partial charge in [0.05, 0.1) is 18.3 Å². The van der Waals surface area contributed by atoms with Gasteiger partial charge in [0.15, 0.2) is 0 Å². The third kappa shape index (κ3) is 6.53. The molecule has 0 saturated heterocycles. The molecule has 7 nitrogen and oxygen atoms in total. The number of hydrogen-bond donors (Lipinski definition) is 1. The maximum Gasteiger partial charge on any atom is 0.338 e. The summed E-state index contributed by atoms with van der Waals surface area (Å²) in [5.41, 5.74) is 2.21. The Morgan fingerprint density at radius 3 is 2.58 bits per heavy atom. The van der Waals surface area contributed by atoms with Crippen LogP contribution < -0.4 is 10.1 Å². The van der Waals surface area contributed by atoms with Crippen molar-refractivity contribution in [1.82, 2.24) is 14.8 Å². The third-order valence-corrected chi connectivity index (χ3v) is 6.34. The zero-order valence-corrected chi connectivity index (χ0v) is 21.2. The van der Waals surface area contributed by atoms with Crippen LogP contribution in [0.3, 0.4) is 0 Å². The monoisotopic (exact) mass is 472 g/mol. The van der Waals surface area contributed by atoms with Gasteiger partial charge in [0.1, 0.15) is 11.8 Å². The lowest BCUT2D eigenvalue weighted by Crippen LogP contribution is -2.30. The number of carbonyl (C=O) groups is 1. The van der Waals surface area contributed by atoms with Crippen LogP contribution in [0.5, 0.6) is 5.75 Å². The van der Waals surface area contributed by atoms with Gasteiger partial charge in [0, 0.05) is 11.4 Å². The maximum atomic E-state index is 13.1. The molecule has 8 heteroatoms. The molecule has 1 aromatic carbocycles. The number of allylic oxidation sites excluding steroid dienone is 1. The number of carbonyl (C=O) groups excluding carboxylic acids is 1. The average molecular weight is 473 g/mol. The van der Waals surface area contributed by atoms with Crippen molar-refractivity contribution in [3.05, 3.63) is 41.1 Å². The number of nitrogens with one attached hydrogen (secondary N) is 1. The molecule has 2 aromatic rings. The predicted octanol–water partition coefficient (Wildman–Crippen LogP) is 5.98. The van der Waals surface area contributed by atoms with Gasteiger partial charge in [0.2, 0.25) is 11.1 Å². The van der Waals surface area contributed by atoms with E-state index in [4.69, 9.17) is 14.6 Å². The SMILES string of the molecule is CCCCCCOc1ccc(C2C(C(=O)OC(C)C)=C(C)Nc3nc(SCCC)nn32)cc1. The van der Waals surface area contributed by atoms with Crippen LogP contribution in [0.15, 0.2) is 40.7 Å². The fourth-order valence-electron chi connectivity index (χ4n) is 3.70. The number of aromatic nitrogens is 3. The molecule has 1 N–H and O–H groups in total. The molecule has 0 fully saturated rings. The van der Waals surface area contributed by atoms with Gasteiger partial charge < -0.3 is 14.8 Å². The predicted molar refractivity (Wildman–Crippen MR) is 133 cm³/mol. The Morgan fingerprint density at radius 2 is 1.91 bits per heavy atom. The van der Waals surface area contributed by atoms with Crippen LogP contribution in [0.2, 0.25) is 0 Å². The summed E-state index contributed by atoms with van der Waals surface area (Å²) in [7, 11) is 0. The molecular weight excluding hydrogens is 436 g/mol. The molecule has 0 amide bonds. The lowest BCUT2D eigenvalue weighted by atomic mass is 9.95. The van der Waals surface area contributed by atoms with E-state index in [-0.39, 0.29) is 12.1 Å². The highest BCUT2D eigenvalue weighted by atomic mass is 32.2. The quantitative estimate of drug-likeness (QED) is 0.231. The van der Waals surface area contributed by atoms with Crippen LogP contribution in [-0.2, 0) is 9.53 Å². The summed E-state index contributed by atoms with van der Waals surface area (Å²) in [4.78, 5) is 17.7. The fourth-order valence-corrected chi connectivity index (χ4v) is 4.38. The second kappa shape index (κ2) is 12.1. The fraction of sp³-hybridized carbons (Fsp3) is 0.560. The van der Waals surface area contributed by atoms with E-state index < -0.39 is 6.04 Å². The van der Waals surface area contributed by atoms with Crippen molar-refractivity contribution in [2.45, 2.75) is 84.0 Å². The molecule has 1 aromatic heterocycles. The molecule has 0 spiro atoms. The van der Waals surface area contributed by atoms with E-state index >= 15 is 0 Å². The number of anilines is 1. The minimum absolute atomic E-state index is 0.213. The lowest BCUT2D eigenvalue weighted by Gasteiger charge is -2.28. The zero-order valence-electron chi connectivity index (χ0n) is 20.4. The van der Waals surface area contributed by atoms with Gasteiger partial charge >= 0.3 is 5.97 Å². The van der Waals surface area contributed by atoms with Gasteiger partial charge in [-0.2, -0.15) is 4.98 Å². The Bertz CT molecular complexity index is 953. The minimum Gasteiger partial charge on any atom is -0.494 e. The number of nitrogens with zero attached hydrogens (tertiary/aromatic N) is 3. The minimum atomic E-state index is -0.422. The highest BCUT2D eigenvalue weighted by Gasteiger charge is 2.35. The van der Waals surface area contributed by atoms with Gasteiger partial charge in [-0.1, -0.05) is 57.0 Å². The van der Waals surface area contributed by atoms with Crippen LogP contribution in [0.25, 0.3) is 0 Å². The van der Waals surface area contributed by atoms with Crippen LogP contribution in [0.1, 0.15) is 78.3 Å². The van der Waals surface area contributed by atoms with Crippen molar-refractivity contribution < 1.29 is 14.3 Å². The Kier molecular flexibility index (Phi) is 9.23. The van der Waals surface area contributed by atoms with Crippen molar-refractivity contribution in [3.63, 3.8) is 0 Å². The van der Waals surface area contributed by atoms with Gasteiger partial charge in [-0.25, -0.2) is 9.48 Å². The topological polar surface area (TPSA) is 78.3 Å². The van der Waals surface area contributed by atoms with Crippen molar-refractivity contribution in [3.8, 4) is 5.75 Å². The van der Waals surface area contributed by atoms with Crippen molar-refractivity contribution in [2.75, 3.05) is 17.7 Å². The molecule has 1 aliphatic heterocycles. The number of ether oxygens (including phenoxy) is 2. The van der Waals surface area contributed by atoms with Crippen molar-refractivity contribution in [1.29, 1.82) is 0 Å². The van der Waals surface area contributed by atoms with Crippen LogP contribution in [0, 0.1) is 0 Å². The summed E-state index contributed by atoms with van der Waals surface area (Å²) in [6.07, 6.45) is 5.50. The first-order valence-electron chi connectivity index (χ1n) is 11.9. The number of fused-ring (bicyclic) bond motifs is 1. The average Bonchev–Trinajstić information content (AvgIpc) is 3.18. The van der Waals surface area contributed by atoms with Crippen LogP contribution in [0.4, 0.5) is 5.95 Å². The highest BCUT2D eigenvalue weighted by Crippen LogP contribution is 2.37. The second-order valence-electron chi connectivity index (χ2n) is 8.51. The molecule has 3 rings (SSSR count). The summed E-state index contributed by atoms with van der Waals surface area (Å²) >= 11 is 1.61. The summed E-state index contributed by atoms with van der Waals surface area (Å²) in [6.45, 7) is 10.6. The number of rotatable bonds is 12. The molecule has 2 heterocycles. The first-order chi connectivity index (χ1) is 15.9. The van der Waals surface area contributed by atoms with Crippen LogP contribution >= 0.6 is 11.8 Å². The maximum absolute atomic E-state index is 13.1. The number of hydrogen-bond acceptors (Lipinski definition) is 7. The lowest BCUT2D eigenvalue weighted by molar-refractivity contribution is -0.143. The zero-order chi connectivity index (χ0) is 23.8. The Labute approximate surface area is 201 Å². The van der Waals surface area contributed by atoms with E-state index in [1.807, 2.05) is 45.0 Å². The summed E-state index contributed by atoms with van der Waals surface area (Å²) in [6, 6.07) is 7.49. The smallest absolute Gasteiger partial charge is 0.338 e. The highest BCUT2D eigenvalue weighted by molar-refractivity contribution is 7.99. The standard InChI is InChI=1S/C25H36N4O3S/c1-6-8-9-10-15-31-20-13-11-19(12-14-20)22-21(23(30)32-17(3)4)18(5)26-24-27-25(28-29(22)24)33-16-7-2/h11-14,17,22H,6-10,15-16H2,1-5H3,(H,26,27,28). The Hall–Kier alpha value is -2.48. The molecule has 0 radical (unpaired) electrons. The normalized spacial score (nSPS) is 15.4. The molecule has 180 valence electrons. The van der Waals surface area contributed by atoms with Gasteiger partial charge in [-0.3, -0.25) is 0 Å². The van der Waals surface area contributed by atoms with E-state index in [1.165, 1.54) is 19.3 Å². The molecule has 33 heavy (non-hydrogen) atoms. The molecule has 0 saturated carbocycles. The number of benzene rings is 1. The largest absolute Gasteiger partial charge is 0.494 e. The molecule has 1 atom stereocenters. The van der Waals surface area contributed by atoms with E-state index in [0.29, 0.717) is 23.3 Å². The molecule has 1 unspecified atom stereocenters. The van der Waals surface area contributed by atoms with Gasteiger partial charge in [0.25, 0.3) is 0 Å². The third-order valence-electron chi connectivity index (χ3n) is 5.29. The molecule has 0 bridgehead atoms. The number of thioether (sulfide) groups is 1. The Balaban J connectivity index is 1.88. The summed E-state index contributed by atoms with van der Waals surface area (Å²) in [5, 5.41) is 8.67. The van der Waals surface area contributed by atoms with Gasteiger partial charge in [-0.15, -0.1) is 5.10 Å². The van der Waals surface area contributed by atoms with E-state index in [9.17, 15) is 4.79 Å². The summed E-state index contributed by atoms with van der Waals surface area (Å²) in [5.74, 6) is 2.05.